The van der Waals surface area contributed by atoms with Gasteiger partial charge in [-0.3, -0.25) is 0 Å². The van der Waals surface area contributed by atoms with Gasteiger partial charge in [-0.05, 0) is 24.3 Å². The van der Waals surface area contributed by atoms with Gasteiger partial charge in [-0.1, -0.05) is 0 Å². The molecule has 2 heterocycles. The fourth-order valence-corrected chi connectivity index (χ4v) is 2.72. The number of phenolic OH excluding ortho intramolecular Hbond substituents is 1. The third-order valence-electron chi connectivity index (χ3n) is 3.94. The van der Waals surface area contributed by atoms with Gasteiger partial charge in [0, 0.05) is 17.2 Å². The van der Waals surface area contributed by atoms with Crippen LogP contribution in [0.5, 0.6) is 28.7 Å². The minimum Gasteiger partial charge on any atom is -0.507 e. The molecule has 2 aromatic carbocycles. The van der Waals surface area contributed by atoms with Crippen LogP contribution in [0.1, 0.15) is 0 Å². The highest BCUT2D eigenvalue weighted by Gasteiger charge is 2.23. The fraction of sp³-hybridized carbons (Fsp3) is 0.176. The SMILES string of the molecule is COc1ccc(-c2n[nH]nc2-c2cc(OC)c3c(c2)OCO3)c(O)c1. The van der Waals surface area contributed by atoms with Gasteiger partial charge >= 0.3 is 0 Å². The van der Waals surface area contributed by atoms with Gasteiger partial charge in [-0.2, -0.15) is 15.4 Å². The van der Waals surface area contributed by atoms with Crippen molar-refractivity contribution in [3.8, 4) is 51.3 Å². The van der Waals surface area contributed by atoms with Crippen molar-refractivity contribution in [2.75, 3.05) is 21.0 Å². The molecule has 0 fully saturated rings. The lowest BCUT2D eigenvalue weighted by Gasteiger charge is -2.09. The molecule has 0 saturated heterocycles. The van der Waals surface area contributed by atoms with Crippen molar-refractivity contribution in [3.05, 3.63) is 30.3 Å². The molecule has 0 atom stereocenters. The first kappa shape index (κ1) is 15.1. The molecule has 1 aromatic heterocycles. The van der Waals surface area contributed by atoms with Crippen LogP contribution in [0.2, 0.25) is 0 Å². The molecule has 0 spiro atoms. The van der Waals surface area contributed by atoms with Gasteiger partial charge in [0.1, 0.15) is 22.9 Å². The highest BCUT2D eigenvalue weighted by Crippen LogP contribution is 2.45. The molecule has 4 rings (SSSR count). The molecule has 0 bridgehead atoms. The molecule has 128 valence electrons. The Kier molecular flexibility index (Phi) is 3.57. The van der Waals surface area contributed by atoms with E-state index in [0.717, 1.165) is 5.56 Å². The number of hydrogen-bond donors (Lipinski definition) is 2. The summed E-state index contributed by atoms with van der Waals surface area (Å²) in [5.41, 5.74) is 2.30. The summed E-state index contributed by atoms with van der Waals surface area (Å²) >= 11 is 0. The van der Waals surface area contributed by atoms with E-state index < -0.39 is 0 Å². The second-order valence-electron chi connectivity index (χ2n) is 5.32. The Balaban J connectivity index is 1.83. The number of fused-ring (bicyclic) bond motifs is 1. The van der Waals surface area contributed by atoms with Gasteiger partial charge in [0.2, 0.25) is 12.5 Å². The topological polar surface area (TPSA) is 98.7 Å². The minimum atomic E-state index is 0.0437. The molecular weight excluding hydrogens is 326 g/mol. The number of methoxy groups -OCH3 is 2. The average Bonchev–Trinajstić information content (AvgIpc) is 3.29. The smallest absolute Gasteiger partial charge is 0.231 e. The molecule has 0 saturated carbocycles. The Bertz CT molecular complexity index is 938. The summed E-state index contributed by atoms with van der Waals surface area (Å²) in [6, 6.07) is 8.57. The van der Waals surface area contributed by atoms with E-state index >= 15 is 0 Å². The van der Waals surface area contributed by atoms with Crippen molar-refractivity contribution >= 4 is 0 Å². The summed E-state index contributed by atoms with van der Waals surface area (Å²) in [5.74, 6) is 2.27. The zero-order valence-corrected chi connectivity index (χ0v) is 13.6. The highest BCUT2D eigenvalue weighted by molar-refractivity contribution is 5.82. The first-order valence-corrected chi connectivity index (χ1v) is 7.47. The first-order chi connectivity index (χ1) is 12.2. The zero-order chi connectivity index (χ0) is 17.4. The van der Waals surface area contributed by atoms with E-state index in [1.807, 2.05) is 0 Å². The van der Waals surface area contributed by atoms with Crippen molar-refractivity contribution in [1.82, 2.24) is 15.4 Å². The molecule has 8 nitrogen and oxygen atoms in total. The Hall–Kier alpha value is -3.42. The highest BCUT2D eigenvalue weighted by atomic mass is 16.7. The summed E-state index contributed by atoms with van der Waals surface area (Å²) in [7, 11) is 3.09. The summed E-state index contributed by atoms with van der Waals surface area (Å²) < 4.78 is 21.3. The van der Waals surface area contributed by atoms with Gasteiger partial charge < -0.3 is 24.1 Å². The largest absolute Gasteiger partial charge is 0.507 e. The van der Waals surface area contributed by atoms with Crippen LogP contribution in [0.4, 0.5) is 0 Å². The van der Waals surface area contributed by atoms with Crippen molar-refractivity contribution in [3.63, 3.8) is 0 Å². The molecule has 2 N–H and O–H groups in total. The number of hydrogen-bond acceptors (Lipinski definition) is 7. The van der Waals surface area contributed by atoms with Crippen LogP contribution >= 0.6 is 0 Å². The normalized spacial score (nSPS) is 12.2. The Morgan fingerprint density at radius 3 is 2.64 bits per heavy atom. The van der Waals surface area contributed by atoms with E-state index in [1.165, 1.54) is 13.2 Å². The zero-order valence-electron chi connectivity index (χ0n) is 13.6. The minimum absolute atomic E-state index is 0.0437. The predicted molar refractivity (Wildman–Crippen MR) is 88.1 cm³/mol. The maximum Gasteiger partial charge on any atom is 0.231 e. The number of ether oxygens (including phenoxy) is 4. The van der Waals surface area contributed by atoms with E-state index in [4.69, 9.17) is 18.9 Å². The number of H-pyrrole nitrogens is 1. The van der Waals surface area contributed by atoms with Crippen molar-refractivity contribution in [2.24, 2.45) is 0 Å². The van der Waals surface area contributed by atoms with Crippen LogP contribution in [0.25, 0.3) is 22.5 Å². The lowest BCUT2D eigenvalue weighted by atomic mass is 10.0. The monoisotopic (exact) mass is 341 g/mol. The molecule has 0 unspecified atom stereocenters. The van der Waals surface area contributed by atoms with Crippen molar-refractivity contribution in [2.45, 2.75) is 0 Å². The number of benzene rings is 2. The van der Waals surface area contributed by atoms with E-state index in [2.05, 4.69) is 15.4 Å². The van der Waals surface area contributed by atoms with E-state index in [-0.39, 0.29) is 12.5 Å². The third-order valence-corrected chi connectivity index (χ3v) is 3.94. The maximum atomic E-state index is 10.3. The number of rotatable bonds is 4. The molecule has 25 heavy (non-hydrogen) atoms. The fourth-order valence-electron chi connectivity index (χ4n) is 2.72. The maximum absolute atomic E-state index is 10.3. The molecule has 8 heteroatoms. The van der Waals surface area contributed by atoms with Gasteiger partial charge in [0.05, 0.1) is 14.2 Å². The van der Waals surface area contributed by atoms with Crippen LogP contribution in [-0.2, 0) is 0 Å². The number of nitrogens with one attached hydrogen (secondary N) is 1. The third kappa shape index (κ3) is 2.47. The van der Waals surface area contributed by atoms with Crippen LogP contribution in [-0.4, -0.2) is 41.5 Å². The van der Waals surface area contributed by atoms with Gasteiger partial charge in [-0.25, -0.2) is 0 Å². The second kappa shape index (κ2) is 5.90. The molecule has 3 aromatic rings. The Labute approximate surface area is 142 Å². The van der Waals surface area contributed by atoms with Crippen LogP contribution in [0.15, 0.2) is 30.3 Å². The second-order valence-corrected chi connectivity index (χ2v) is 5.32. The first-order valence-electron chi connectivity index (χ1n) is 7.47. The van der Waals surface area contributed by atoms with E-state index in [9.17, 15) is 5.11 Å². The van der Waals surface area contributed by atoms with Crippen LogP contribution in [0, 0.1) is 0 Å². The van der Waals surface area contributed by atoms with E-state index in [1.54, 1.807) is 31.4 Å². The standard InChI is InChI=1S/C17H15N3O5/c1-22-10-3-4-11(12(21)7-10)16-15(18-20-19-16)9-5-13(23-2)17-14(6-9)24-8-25-17/h3-7,21H,8H2,1-2H3,(H,18,19,20). The van der Waals surface area contributed by atoms with Crippen LogP contribution in [0.3, 0.4) is 0 Å². The molecular formula is C17H15N3O5. The molecule has 0 aliphatic carbocycles. The Morgan fingerprint density at radius 1 is 1.04 bits per heavy atom. The summed E-state index contributed by atoms with van der Waals surface area (Å²) in [6.45, 7) is 0.139. The number of phenols is 1. The number of nitrogens with zero attached hydrogens (tertiary/aromatic N) is 2. The number of aromatic nitrogens is 3. The van der Waals surface area contributed by atoms with Crippen molar-refractivity contribution < 1.29 is 24.1 Å². The summed E-state index contributed by atoms with van der Waals surface area (Å²) in [5, 5.41) is 21.3. The van der Waals surface area contributed by atoms with Gasteiger partial charge in [-0.15, -0.1) is 0 Å². The Morgan fingerprint density at radius 2 is 1.88 bits per heavy atom. The molecule has 0 amide bonds. The van der Waals surface area contributed by atoms with Gasteiger partial charge in [0.25, 0.3) is 0 Å². The lowest BCUT2D eigenvalue weighted by Crippen LogP contribution is -1.93. The summed E-state index contributed by atoms with van der Waals surface area (Å²) in [6.07, 6.45) is 0. The molecule has 0 radical (unpaired) electrons. The number of aromatic amines is 1. The quantitative estimate of drug-likeness (QED) is 0.752. The molecule has 1 aliphatic rings. The number of aromatic hydroxyl groups is 1. The van der Waals surface area contributed by atoms with Crippen molar-refractivity contribution in [1.29, 1.82) is 0 Å². The lowest BCUT2D eigenvalue weighted by molar-refractivity contribution is 0.171. The van der Waals surface area contributed by atoms with E-state index in [0.29, 0.717) is 39.9 Å². The summed E-state index contributed by atoms with van der Waals surface area (Å²) in [4.78, 5) is 0. The van der Waals surface area contributed by atoms with Crippen LogP contribution < -0.4 is 18.9 Å². The predicted octanol–water partition coefficient (Wildman–Crippen LogP) is 2.59. The van der Waals surface area contributed by atoms with Gasteiger partial charge in [0.15, 0.2) is 11.5 Å². The average molecular weight is 341 g/mol. The molecule has 1 aliphatic heterocycles.